The molecule has 1 aliphatic carbocycles. The maximum absolute atomic E-state index is 11.8. The topological polar surface area (TPSA) is 39.2 Å². The van der Waals surface area contributed by atoms with Gasteiger partial charge in [0.25, 0.3) is 0 Å². The van der Waals surface area contributed by atoms with E-state index in [1.54, 1.807) is 0 Å². The van der Waals surface area contributed by atoms with Crippen molar-refractivity contribution in [3.8, 4) is 5.75 Å². The van der Waals surface area contributed by atoms with E-state index in [0.717, 1.165) is 36.3 Å². The zero-order chi connectivity index (χ0) is 11.5. The number of carbonyl (C=O) groups is 1. The normalized spacial score (nSPS) is 15.5. The lowest BCUT2D eigenvalue weighted by molar-refractivity contribution is 0.0977. The van der Waals surface area contributed by atoms with Crippen LogP contribution in [0, 0.1) is 6.92 Å². The molecule has 2 rings (SSSR count). The molecule has 0 spiro atoms. The predicted molar refractivity (Wildman–Crippen MR) is 62.0 cm³/mol. The van der Waals surface area contributed by atoms with Crippen LogP contribution in [0.25, 0.3) is 0 Å². The molecule has 0 bridgehead atoms. The molecule has 1 heterocycles. The Balaban J connectivity index is 2.44. The number of ether oxygens (including phenoxy) is 1. The third-order valence-corrected chi connectivity index (χ3v) is 2.91. The molecule has 1 aliphatic rings. The second-order valence-corrected chi connectivity index (χ2v) is 4.14. The van der Waals surface area contributed by atoms with Crippen LogP contribution in [-0.2, 0) is 6.42 Å². The molecule has 0 aliphatic heterocycles. The molecule has 0 saturated carbocycles. The SMILES string of the molecule is CCOc1cc2c(nc1C)C(=O)CCCC2. The van der Waals surface area contributed by atoms with Gasteiger partial charge in [-0.15, -0.1) is 0 Å². The molecule has 0 fully saturated rings. The fraction of sp³-hybridized carbons (Fsp3) is 0.538. The Bertz CT molecular complexity index is 413. The van der Waals surface area contributed by atoms with Gasteiger partial charge in [-0.3, -0.25) is 4.79 Å². The van der Waals surface area contributed by atoms with Gasteiger partial charge in [-0.1, -0.05) is 0 Å². The van der Waals surface area contributed by atoms with Crippen molar-refractivity contribution in [3.05, 3.63) is 23.0 Å². The Morgan fingerprint density at radius 1 is 1.38 bits per heavy atom. The van der Waals surface area contributed by atoms with Gasteiger partial charge in [0.05, 0.1) is 12.3 Å². The van der Waals surface area contributed by atoms with Crippen molar-refractivity contribution in [2.75, 3.05) is 6.61 Å². The summed E-state index contributed by atoms with van der Waals surface area (Å²) < 4.78 is 5.50. The molecule has 0 aromatic carbocycles. The van der Waals surface area contributed by atoms with E-state index in [1.807, 2.05) is 19.9 Å². The number of hydrogen-bond donors (Lipinski definition) is 0. The number of hydrogen-bond acceptors (Lipinski definition) is 3. The van der Waals surface area contributed by atoms with Gasteiger partial charge < -0.3 is 4.74 Å². The largest absolute Gasteiger partial charge is 0.492 e. The van der Waals surface area contributed by atoms with E-state index in [4.69, 9.17) is 4.74 Å². The number of aryl methyl sites for hydroxylation is 2. The molecule has 0 atom stereocenters. The van der Waals surface area contributed by atoms with Crippen molar-refractivity contribution in [1.82, 2.24) is 4.98 Å². The molecule has 3 heteroatoms. The number of ketones is 1. The van der Waals surface area contributed by atoms with E-state index in [1.165, 1.54) is 0 Å². The molecule has 0 N–H and O–H groups in total. The maximum atomic E-state index is 11.8. The Hall–Kier alpha value is -1.38. The van der Waals surface area contributed by atoms with Crippen molar-refractivity contribution < 1.29 is 9.53 Å². The molecule has 0 unspecified atom stereocenters. The lowest BCUT2D eigenvalue weighted by Gasteiger charge is -2.10. The van der Waals surface area contributed by atoms with Crippen LogP contribution in [0.4, 0.5) is 0 Å². The highest BCUT2D eigenvalue weighted by molar-refractivity contribution is 5.96. The number of carbonyl (C=O) groups excluding carboxylic acids is 1. The van der Waals surface area contributed by atoms with E-state index in [0.29, 0.717) is 18.7 Å². The summed E-state index contributed by atoms with van der Waals surface area (Å²) in [7, 11) is 0. The minimum atomic E-state index is 0.179. The highest BCUT2D eigenvalue weighted by atomic mass is 16.5. The molecule has 0 amide bonds. The van der Waals surface area contributed by atoms with Gasteiger partial charge in [-0.05, 0) is 44.7 Å². The highest BCUT2D eigenvalue weighted by Gasteiger charge is 2.19. The van der Waals surface area contributed by atoms with E-state index in [9.17, 15) is 4.79 Å². The number of fused-ring (bicyclic) bond motifs is 1. The Kier molecular flexibility index (Phi) is 3.22. The van der Waals surface area contributed by atoms with Gasteiger partial charge in [-0.25, -0.2) is 4.98 Å². The average molecular weight is 219 g/mol. The molecule has 1 aromatic heterocycles. The van der Waals surface area contributed by atoms with E-state index >= 15 is 0 Å². The van der Waals surface area contributed by atoms with Gasteiger partial charge in [0, 0.05) is 6.42 Å². The monoisotopic (exact) mass is 219 g/mol. The lowest BCUT2D eigenvalue weighted by Crippen LogP contribution is -2.07. The Morgan fingerprint density at radius 2 is 2.12 bits per heavy atom. The first-order chi connectivity index (χ1) is 7.72. The van der Waals surface area contributed by atoms with Crippen LogP contribution >= 0.6 is 0 Å². The molecule has 0 radical (unpaired) electrons. The number of aromatic nitrogens is 1. The standard InChI is InChI=1S/C13H17NO2/c1-3-16-12-8-10-6-4-5-7-11(15)13(10)14-9(12)2/h8H,3-7H2,1-2H3. The van der Waals surface area contributed by atoms with Crippen molar-refractivity contribution in [1.29, 1.82) is 0 Å². The van der Waals surface area contributed by atoms with Gasteiger partial charge in [0.2, 0.25) is 0 Å². The molecule has 1 aromatic rings. The summed E-state index contributed by atoms with van der Waals surface area (Å²) in [5.74, 6) is 0.995. The summed E-state index contributed by atoms with van der Waals surface area (Å²) in [5, 5.41) is 0. The van der Waals surface area contributed by atoms with Crippen molar-refractivity contribution >= 4 is 5.78 Å². The number of rotatable bonds is 2. The zero-order valence-corrected chi connectivity index (χ0v) is 9.88. The van der Waals surface area contributed by atoms with E-state index in [2.05, 4.69) is 4.98 Å². The van der Waals surface area contributed by atoms with Crippen LogP contribution in [0.15, 0.2) is 6.07 Å². The summed E-state index contributed by atoms with van der Waals surface area (Å²) in [6, 6.07) is 1.99. The summed E-state index contributed by atoms with van der Waals surface area (Å²) in [4.78, 5) is 16.2. The molecule has 86 valence electrons. The number of nitrogens with zero attached hydrogens (tertiary/aromatic N) is 1. The quantitative estimate of drug-likeness (QED) is 0.718. The van der Waals surface area contributed by atoms with E-state index in [-0.39, 0.29) is 5.78 Å². The molecular weight excluding hydrogens is 202 g/mol. The summed E-state index contributed by atoms with van der Waals surface area (Å²) >= 11 is 0. The fourth-order valence-electron chi connectivity index (χ4n) is 2.08. The van der Waals surface area contributed by atoms with Crippen molar-refractivity contribution in [2.24, 2.45) is 0 Å². The second kappa shape index (κ2) is 4.64. The number of Topliss-reactive ketones (excluding diaryl/α,β-unsaturated/α-hetero) is 1. The van der Waals surface area contributed by atoms with E-state index < -0.39 is 0 Å². The van der Waals surface area contributed by atoms with Gasteiger partial charge in [-0.2, -0.15) is 0 Å². The third kappa shape index (κ3) is 2.08. The minimum absolute atomic E-state index is 0.179. The Morgan fingerprint density at radius 3 is 2.88 bits per heavy atom. The molecule has 16 heavy (non-hydrogen) atoms. The smallest absolute Gasteiger partial charge is 0.181 e. The van der Waals surface area contributed by atoms with Crippen molar-refractivity contribution in [2.45, 2.75) is 39.5 Å². The average Bonchev–Trinajstić information content (AvgIpc) is 2.43. The highest BCUT2D eigenvalue weighted by Crippen LogP contribution is 2.25. The van der Waals surface area contributed by atoms with Crippen LogP contribution in [0.2, 0.25) is 0 Å². The van der Waals surface area contributed by atoms with Crippen LogP contribution in [0.3, 0.4) is 0 Å². The Labute approximate surface area is 95.8 Å². The minimum Gasteiger partial charge on any atom is -0.492 e. The zero-order valence-electron chi connectivity index (χ0n) is 9.88. The summed E-state index contributed by atoms with van der Waals surface area (Å²) in [6.45, 7) is 4.48. The fourth-order valence-corrected chi connectivity index (χ4v) is 2.08. The van der Waals surface area contributed by atoms with Gasteiger partial charge >= 0.3 is 0 Å². The first-order valence-corrected chi connectivity index (χ1v) is 5.89. The van der Waals surface area contributed by atoms with Crippen LogP contribution in [0.5, 0.6) is 5.75 Å². The summed E-state index contributed by atoms with van der Waals surface area (Å²) in [5.41, 5.74) is 2.53. The van der Waals surface area contributed by atoms with Gasteiger partial charge in [0.15, 0.2) is 5.78 Å². The van der Waals surface area contributed by atoms with Crippen LogP contribution in [-0.4, -0.2) is 17.4 Å². The first kappa shape index (κ1) is 11.1. The summed E-state index contributed by atoms with van der Waals surface area (Å²) in [6.07, 6.45) is 3.61. The molecule has 3 nitrogen and oxygen atoms in total. The van der Waals surface area contributed by atoms with Gasteiger partial charge in [0.1, 0.15) is 11.4 Å². The van der Waals surface area contributed by atoms with Crippen molar-refractivity contribution in [3.63, 3.8) is 0 Å². The van der Waals surface area contributed by atoms with Crippen LogP contribution in [0.1, 0.15) is 47.9 Å². The third-order valence-electron chi connectivity index (χ3n) is 2.91. The lowest BCUT2D eigenvalue weighted by atomic mass is 10.1. The first-order valence-electron chi connectivity index (χ1n) is 5.89. The second-order valence-electron chi connectivity index (χ2n) is 4.14. The van der Waals surface area contributed by atoms with Crippen LogP contribution < -0.4 is 4.74 Å². The predicted octanol–water partition coefficient (Wildman–Crippen LogP) is 2.70. The maximum Gasteiger partial charge on any atom is 0.181 e. The number of pyridine rings is 1. The molecular formula is C13H17NO2. The molecule has 0 saturated heterocycles.